The second-order valence-corrected chi connectivity index (χ2v) is 5.50. The first-order valence-electron chi connectivity index (χ1n) is 6.20. The van der Waals surface area contributed by atoms with E-state index < -0.39 is 11.5 Å². The number of aliphatic carboxylic acids is 1. The fraction of sp³-hybridized carbons (Fsp3) is 0.429. The van der Waals surface area contributed by atoms with Crippen LogP contribution in [0.2, 0.25) is 5.02 Å². The van der Waals surface area contributed by atoms with Crippen molar-refractivity contribution in [2.24, 2.45) is 0 Å². The van der Waals surface area contributed by atoms with Crippen LogP contribution in [-0.4, -0.2) is 29.1 Å². The van der Waals surface area contributed by atoms with Crippen LogP contribution in [0.25, 0.3) is 0 Å². The van der Waals surface area contributed by atoms with E-state index in [9.17, 15) is 9.59 Å². The van der Waals surface area contributed by atoms with E-state index in [1.165, 1.54) is 0 Å². The van der Waals surface area contributed by atoms with E-state index in [-0.39, 0.29) is 18.9 Å². The second-order valence-electron chi connectivity index (χ2n) is 5.07. The van der Waals surface area contributed by atoms with Gasteiger partial charge in [-0.2, -0.15) is 0 Å². The van der Waals surface area contributed by atoms with Crippen molar-refractivity contribution in [1.29, 1.82) is 0 Å². The minimum absolute atomic E-state index is 0.00528. The highest BCUT2D eigenvalue weighted by Gasteiger charge is 2.21. The third-order valence-corrected chi connectivity index (χ3v) is 2.88. The Hall–Kier alpha value is -1.75. The van der Waals surface area contributed by atoms with E-state index in [0.29, 0.717) is 17.2 Å². The molecule has 5 nitrogen and oxygen atoms in total. The molecule has 20 heavy (non-hydrogen) atoms. The summed E-state index contributed by atoms with van der Waals surface area (Å²) in [6.45, 7) is 3.42. The quantitative estimate of drug-likeness (QED) is 0.811. The highest BCUT2D eigenvalue weighted by molar-refractivity contribution is 6.30. The maximum absolute atomic E-state index is 11.7. The molecule has 0 unspecified atom stereocenters. The normalized spacial score (nSPS) is 10.9. The monoisotopic (exact) mass is 299 g/mol. The Balaban J connectivity index is 2.39. The summed E-state index contributed by atoms with van der Waals surface area (Å²) in [5.74, 6) is -0.632. The van der Waals surface area contributed by atoms with Crippen LogP contribution in [0.3, 0.4) is 0 Å². The topological polar surface area (TPSA) is 75.6 Å². The lowest BCUT2D eigenvalue weighted by atomic mass is 9.98. The van der Waals surface area contributed by atoms with Crippen LogP contribution in [0.1, 0.15) is 26.7 Å². The maximum atomic E-state index is 11.7. The summed E-state index contributed by atoms with van der Waals surface area (Å²) >= 11 is 5.74. The molecule has 0 aliphatic heterocycles. The Bertz CT molecular complexity index is 471. The van der Waals surface area contributed by atoms with Crippen LogP contribution < -0.4 is 10.1 Å². The van der Waals surface area contributed by atoms with Gasteiger partial charge in [-0.1, -0.05) is 11.6 Å². The van der Waals surface area contributed by atoms with Crippen molar-refractivity contribution in [3.05, 3.63) is 29.3 Å². The number of rotatable bonds is 7. The van der Waals surface area contributed by atoms with E-state index in [0.717, 1.165) is 0 Å². The SMILES string of the molecule is CC(C)(CCC(=O)O)NC(=O)COc1ccc(Cl)cc1. The number of carbonyl (C=O) groups is 2. The average Bonchev–Trinajstić information content (AvgIpc) is 2.35. The molecule has 6 heteroatoms. The Labute approximate surface area is 122 Å². The van der Waals surface area contributed by atoms with E-state index in [2.05, 4.69) is 5.32 Å². The van der Waals surface area contributed by atoms with Crippen molar-refractivity contribution in [2.45, 2.75) is 32.2 Å². The lowest BCUT2D eigenvalue weighted by molar-refractivity contribution is -0.138. The highest BCUT2D eigenvalue weighted by atomic mass is 35.5. The Morgan fingerprint density at radius 1 is 1.30 bits per heavy atom. The fourth-order valence-electron chi connectivity index (χ4n) is 1.58. The molecule has 1 amide bonds. The van der Waals surface area contributed by atoms with Crippen molar-refractivity contribution >= 4 is 23.5 Å². The molecule has 0 saturated heterocycles. The molecule has 0 saturated carbocycles. The minimum Gasteiger partial charge on any atom is -0.484 e. The Morgan fingerprint density at radius 2 is 1.90 bits per heavy atom. The van der Waals surface area contributed by atoms with E-state index in [4.69, 9.17) is 21.4 Å². The number of carboxylic acid groups (broad SMARTS) is 1. The number of hydrogen-bond acceptors (Lipinski definition) is 3. The molecule has 2 N–H and O–H groups in total. The third-order valence-electron chi connectivity index (χ3n) is 2.63. The summed E-state index contributed by atoms with van der Waals surface area (Å²) in [6, 6.07) is 6.69. The zero-order valence-electron chi connectivity index (χ0n) is 11.5. The molecule has 1 aromatic rings. The molecule has 0 aromatic heterocycles. The summed E-state index contributed by atoms with van der Waals surface area (Å²) in [5.41, 5.74) is -0.584. The summed E-state index contributed by atoms with van der Waals surface area (Å²) in [4.78, 5) is 22.3. The molecule has 1 rings (SSSR count). The largest absolute Gasteiger partial charge is 0.484 e. The molecule has 0 bridgehead atoms. The van der Waals surface area contributed by atoms with Crippen LogP contribution in [0.4, 0.5) is 0 Å². The van der Waals surface area contributed by atoms with Gasteiger partial charge in [0.25, 0.3) is 5.91 Å². The Kier molecular flexibility index (Phi) is 5.82. The third kappa shape index (κ3) is 6.43. The molecule has 0 atom stereocenters. The van der Waals surface area contributed by atoms with Crippen molar-refractivity contribution < 1.29 is 19.4 Å². The van der Waals surface area contributed by atoms with Gasteiger partial charge >= 0.3 is 5.97 Å². The fourth-order valence-corrected chi connectivity index (χ4v) is 1.70. The van der Waals surface area contributed by atoms with Crippen LogP contribution >= 0.6 is 11.6 Å². The zero-order valence-corrected chi connectivity index (χ0v) is 12.2. The number of ether oxygens (including phenoxy) is 1. The predicted octanol–water partition coefficient (Wildman–Crippen LogP) is 2.48. The number of nitrogens with one attached hydrogen (secondary N) is 1. The molecular weight excluding hydrogens is 282 g/mol. The van der Waals surface area contributed by atoms with E-state index in [1.807, 2.05) is 0 Å². The first-order valence-corrected chi connectivity index (χ1v) is 6.57. The summed E-state index contributed by atoms with van der Waals surface area (Å²) in [6.07, 6.45) is 0.361. The molecule has 110 valence electrons. The zero-order chi connectivity index (χ0) is 15.2. The van der Waals surface area contributed by atoms with Gasteiger partial charge < -0.3 is 15.2 Å². The van der Waals surface area contributed by atoms with Gasteiger partial charge in [-0.25, -0.2) is 0 Å². The number of amides is 1. The molecular formula is C14H18ClNO4. The van der Waals surface area contributed by atoms with Crippen LogP contribution in [-0.2, 0) is 9.59 Å². The van der Waals surface area contributed by atoms with E-state index in [1.54, 1.807) is 38.1 Å². The number of carboxylic acids is 1. The Morgan fingerprint density at radius 3 is 2.45 bits per heavy atom. The van der Waals surface area contributed by atoms with Gasteiger partial charge in [0.2, 0.25) is 0 Å². The van der Waals surface area contributed by atoms with Crippen LogP contribution in [0, 0.1) is 0 Å². The van der Waals surface area contributed by atoms with Gasteiger partial charge in [0, 0.05) is 17.0 Å². The van der Waals surface area contributed by atoms with Gasteiger partial charge in [-0.05, 0) is 44.5 Å². The van der Waals surface area contributed by atoms with Gasteiger partial charge in [0.1, 0.15) is 5.75 Å². The number of halogens is 1. The van der Waals surface area contributed by atoms with Gasteiger partial charge in [0.05, 0.1) is 0 Å². The predicted molar refractivity (Wildman–Crippen MR) is 76.0 cm³/mol. The molecule has 0 aliphatic rings. The van der Waals surface area contributed by atoms with Crippen LogP contribution in [0.5, 0.6) is 5.75 Å². The van der Waals surface area contributed by atoms with E-state index >= 15 is 0 Å². The smallest absolute Gasteiger partial charge is 0.303 e. The van der Waals surface area contributed by atoms with Crippen molar-refractivity contribution in [3.8, 4) is 5.75 Å². The highest BCUT2D eigenvalue weighted by Crippen LogP contribution is 2.15. The van der Waals surface area contributed by atoms with Gasteiger partial charge in [-0.15, -0.1) is 0 Å². The lowest BCUT2D eigenvalue weighted by Crippen LogP contribution is -2.45. The summed E-state index contributed by atoms with van der Waals surface area (Å²) in [7, 11) is 0. The molecule has 1 aromatic carbocycles. The molecule has 0 radical (unpaired) electrons. The average molecular weight is 300 g/mol. The summed E-state index contributed by atoms with van der Waals surface area (Å²) in [5, 5.41) is 12.0. The molecule has 0 fully saturated rings. The van der Waals surface area contributed by atoms with Crippen LogP contribution in [0.15, 0.2) is 24.3 Å². The van der Waals surface area contributed by atoms with Crippen molar-refractivity contribution in [2.75, 3.05) is 6.61 Å². The van der Waals surface area contributed by atoms with Crippen molar-refractivity contribution in [1.82, 2.24) is 5.32 Å². The number of hydrogen-bond donors (Lipinski definition) is 2. The maximum Gasteiger partial charge on any atom is 0.303 e. The standard InChI is InChI=1S/C14H18ClNO4/c1-14(2,8-7-13(18)19)16-12(17)9-20-11-5-3-10(15)4-6-11/h3-6H,7-9H2,1-2H3,(H,16,17)(H,18,19). The molecule has 0 aliphatic carbocycles. The second kappa shape index (κ2) is 7.14. The number of benzene rings is 1. The lowest BCUT2D eigenvalue weighted by Gasteiger charge is -2.25. The van der Waals surface area contributed by atoms with Crippen molar-refractivity contribution in [3.63, 3.8) is 0 Å². The first kappa shape index (κ1) is 16.3. The summed E-state index contributed by atoms with van der Waals surface area (Å²) < 4.78 is 5.31. The van der Waals surface area contributed by atoms with Gasteiger partial charge in [-0.3, -0.25) is 9.59 Å². The minimum atomic E-state index is -0.885. The molecule has 0 heterocycles. The molecule has 0 spiro atoms. The van der Waals surface area contributed by atoms with Gasteiger partial charge in [0.15, 0.2) is 6.61 Å². The number of carbonyl (C=O) groups excluding carboxylic acids is 1. The first-order chi connectivity index (χ1) is 9.28.